The third-order valence-corrected chi connectivity index (χ3v) is 2.83. The van der Waals surface area contributed by atoms with Gasteiger partial charge in [0.2, 0.25) is 0 Å². The van der Waals surface area contributed by atoms with E-state index in [1.807, 2.05) is 12.1 Å². The van der Waals surface area contributed by atoms with E-state index in [2.05, 4.69) is 40.1 Å². The first-order valence-electron chi connectivity index (χ1n) is 4.57. The molecule has 1 atom stereocenters. The van der Waals surface area contributed by atoms with Crippen molar-refractivity contribution in [2.45, 2.75) is 19.9 Å². The zero-order chi connectivity index (χ0) is 10.6. The normalized spacial score (nSPS) is 12.9. The van der Waals surface area contributed by atoms with Gasteiger partial charge in [0.05, 0.1) is 0 Å². The lowest BCUT2D eigenvalue weighted by molar-refractivity contribution is 0.562. The fraction of sp³-hybridized carbons (Fsp3) is 0.500. The van der Waals surface area contributed by atoms with Gasteiger partial charge in [-0.2, -0.15) is 0 Å². The second-order valence-electron chi connectivity index (χ2n) is 3.51. The molecule has 1 aromatic heterocycles. The quantitative estimate of drug-likeness (QED) is 0.852. The third-order valence-electron chi connectivity index (χ3n) is 2.03. The molecule has 0 saturated carbocycles. The summed E-state index contributed by atoms with van der Waals surface area (Å²) in [6.07, 6.45) is 1.77. The van der Waals surface area contributed by atoms with Crippen molar-refractivity contribution in [1.29, 1.82) is 0 Å². The van der Waals surface area contributed by atoms with E-state index in [4.69, 9.17) is 11.6 Å². The summed E-state index contributed by atoms with van der Waals surface area (Å²) < 4.78 is 0.982. The van der Waals surface area contributed by atoms with Gasteiger partial charge < -0.3 is 5.32 Å². The number of halogens is 2. The van der Waals surface area contributed by atoms with Crippen LogP contribution in [0.5, 0.6) is 0 Å². The highest BCUT2D eigenvalue weighted by Crippen LogP contribution is 2.14. The SMILES string of the molecule is CC(C)C(CCl)Nc1ccc(Br)cn1. The number of nitrogens with one attached hydrogen (secondary N) is 1. The fourth-order valence-corrected chi connectivity index (χ4v) is 1.70. The number of anilines is 1. The number of aromatic nitrogens is 1. The van der Waals surface area contributed by atoms with Crippen molar-refractivity contribution in [2.75, 3.05) is 11.2 Å². The molecular formula is C10H14BrClN2. The van der Waals surface area contributed by atoms with Gasteiger partial charge in [0.25, 0.3) is 0 Å². The maximum absolute atomic E-state index is 5.84. The van der Waals surface area contributed by atoms with Crippen LogP contribution >= 0.6 is 27.5 Å². The second kappa shape index (κ2) is 5.56. The van der Waals surface area contributed by atoms with Gasteiger partial charge in [-0.1, -0.05) is 13.8 Å². The molecule has 0 saturated heterocycles. The van der Waals surface area contributed by atoms with Gasteiger partial charge in [-0.3, -0.25) is 0 Å². The Hall–Kier alpha value is -0.280. The maximum atomic E-state index is 5.84. The molecule has 0 spiro atoms. The molecule has 0 aromatic carbocycles. The Morgan fingerprint density at radius 2 is 2.21 bits per heavy atom. The van der Waals surface area contributed by atoms with E-state index in [0.29, 0.717) is 11.8 Å². The van der Waals surface area contributed by atoms with Crippen molar-refractivity contribution in [3.8, 4) is 0 Å². The van der Waals surface area contributed by atoms with Crippen LogP contribution in [0.2, 0.25) is 0 Å². The van der Waals surface area contributed by atoms with Crippen LogP contribution in [0.1, 0.15) is 13.8 Å². The zero-order valence-corrected chi connectivity index (χ0v) is 10.6. The molecule has 1 unspecified atom stereocenters. The van der Waals surface area contributed by atoms with E-state index in [-0.39, 0.29) is 6.04 Å². The topological polar surface area (TPSA) is 24.9 Å². The average Bonchev–Trinajstić information content (AvgIpc) is 2.16. The molecule has 0 aliphatic carbocycles. The van der Waals surface area contributed by atoms with Crippen LogP contribution in [0.25, 0.3) is 0 Å². The zero-order valence-electron chi connectivity index (χ0n) is 8.30. The number of hydrogen-bond acceptors (Lipinski definition) is 2. The van der Waals surface area contributed by atoms with Crippen molar-refractivity contribution >= 4 is 33.3 Å². The van der Waals surface area contributed by atoms with Gasteiger partial charge in [-0.25, -0.2) is 4.98 Å². The molecule has 0 bridgehead atoms. The van der Waals surface area contributed by atoms with E-state index in [1.165, 1.54) is 0 Å². The molecule has 1 rings (SSSR count). The van der Waals surface area contributed by atoms with Gasteiger partial charge in [0.1, 0.15) is 5.82 Å². The molecule has 14 heavy (non-hydrogen) atoms. The van der Waals surface area contributed by atoms with Crippen LogP contribution in [-0.4, -0.2) is 16.9 Å². The molecule has 1 heterocycles. The smallest absolute Gasteiger partial charge is 0.126 e. The van der Waals surface area contributed by atoms with Crippen molar-refractivity contribution < 1.29 is 0 Å². The Morgan fingerprint density at radius 3 is 2.64 bits per heavy atom. The van der Waals surface area contributed by atoms with Crippen LogP contribution < -0.4 is 5.32 Å². The third kappa shape index (κ3) is 3.46. The highest BCUT2D eigenvalue weighted by molar-refractivity contribution is 9.10. The summed E-state index contributed by atoms with van der Waals surface area (Å²) in [4.78, 5) is 4.23. The summed E-state index contributed by atoms with van der Waals surface area (Å²) in [6.45, 7) is 4.28. The minimum atomic E-state index is 0.269. The molecule has 2 nitrogen and oxygen atoms in total. The van der Waals surface area contributed by atoms with Crippen LogP contribution in [0.15, 0.2) is 22.8 Å². The Labute approximate surface area is 98.2 Å². The number of rotatable bonds is 4. The first-order valence-corrected chi connectivity index (χ1v) is 5.90. The van der Waals surface area contributed by atoms with Gasteiger partial charge in [0, 0.05) is 22.6 Å². The predicted octanol–water partition coefficient (Wildman–Crippen LogP) is 3.52. The fourth-order valence-electron chi connectivity index (χ4n) is 1.03. The molecule has 0 radical (unpaired) electrons. The minimum Gasteiger partial charge on any atom is -0.366 e. The molecular weight excluding hydrogens is 263 g/mol. The average molecular weight is 278 g/mol. The molecule has 78 valence electrons. The minimum absolute atomic E-state index is 0.269. The lowest BCUT2D eigenvalue weighted by Crippen LogP contribution is -2.27. The largest absolute Gasteiger partial charge is 0.366 e. The molecule has 0 fully saturated rings. The molecule has 0 aliphatic rings. The summed E-state index contributed by atoms with van der Waals surface area (Å²) in [5, 5.41) is 3.29. The van der Waals surface area contributed by atoms with Crippen molar-refractivity contribution in [3.05, 3.63) is 22.8 Å². The van der Waals surface area contributed by atoms with Crippen molar-refractivity contribution in [1.82, 2.24) is 4.98 Å². The molecule has 0 amide bonds. The lowest BCUT2D eigenvalue weighted by Gasteiger charge is -2.20. The van der Waals surface area contributed by atoms with E-state index >= 15 is 0 Å². The maximum Gasteiger partial charge on any atom is 0.126 e. The molecule has 4 heteroatoms. The van der Waals surface area contributed by atoms with Crippen molar-refractivity contribution in [2.24, 2.45) is 5.92 Å². The second-order valence-corrected chi connectivity index (χ2v) is 4.74. The Balaban J connectivity index is 2.63. The summed E-state index contributed by atoms with van der Waals surface area (Å²) in [7, 11) is 0. The molecule has 1 aromatic rings. The van der Waals surface area contributed by atoms with Crippen LogP contribution in [0, 0.1) is 5.92 Å². The highest BCUT2D eigenvalue weighted by atomic mass is 79.9. The van der Waals surface area contributed by atoms with Gasteiger partial charge in [0.15, 0.2) is 0 Å². The first kappa shape index (κ1) is 11.8. The number of alkyl halides is 1. The summed E-state index contributed by atoms with van der Waals surface area (Å²) in [5.41, 5.74) is 0. The Bertz CT molecular complexity index is 274. The van der Waals surface area contributed by atoms with E-state index in [9.17, 15) is 0 Å². The van der Waals surface area contributed by atoms with Gasteiger partial charge >= 0.3 is 0 Å². The van der Waals surface area contributed by atoms with Gasteiger partial charge in [-0.05, 0) is 34.0 Å². The predicted molar refractivity (Wildman–Crippen MR) is 64.9 cm³/mol. The van der Waals surface area contributed by atoms with Crippen LogP contribution in [0.4, 0.5) is 5.82 Å². The Morgan fingerprint density at radius 1 is 1.50 bits per heavy atom. The van der Waals surface area contributed by atoms with Crippen LogP contribution in [-0.2, 0) is 0 Å². The van der Waals surface area contributed by atoms with E-state index in [0.717, 1.165) is 10.3 Å². The number of pyridine rings is 1. The molecule has 1 N–H and O–H groups in total. The van der Waals surface area contributed by atoms with Crippen LogP contribution in [0.3, 0.4) is 0 Å². The molecule has 0 aliphatic heterocycles. The standard InChI is InChI=1S/C10H14BrClN2/c1-7(2)9(5-12)14-10-4-3-8(11)6-13-10/h3-4,6-7,9H,5H2,1-2H3,(H,13,14). The summed E-state index contributed by atoms with van der Waals surface area (Å²) in [5.74, 6) is 1.96. The monoisotopic (exact) mass is 276 g/mol. The number of nitrogens with zero attached hydrogens (tertiary/aromatic N) is 1. The highest BCUT2D eigenvalue weighted by Gasteiger charge is 2.11. The number of hydrogen-bond donors (Lipinski definition) is 1. The van der Waals surface area contributed by atoms with Crippen molar-refractivity contribution in [3.63, 3.8) is 0 Å². The summed E-state index contributed by atoms with van der Waals surface area (Å²) >= 11 is 9.19. The summed E-state index contributed by atoms with van der Waals surface area (Å²) in [6, 6.07) is 4.16. The Kier molecular flexibility index (Phi) is 4.69. The van der Waals surface area contributed by atoms with E-state index in [1.54, 1.807) is 6.20 Å². The van der Waals surface area contributed by atoms with Gasteiger partial charge in [-0.15, -0.1) is 11.6 Å². The lowest BCUT2D eigenvalue weighted by atomic mass is 10.1. The van der Waals surface area contributed by atoms with E-state index < -0.39 is 0 Å². The first-order chi connectivity index (χ1) is 6.63.